The summed E-state index contributed by atoms with van der Waals surface area (Å²) in [4.78, 5) is 0. The van der Waals surface area contributed by atoms with Crippen LogP contribution in [0.2, 0.25) is 5.02 Å². The molecule has 21 heavy (non-hydrogen) atoms. The quantitative estimate of drug-likeness (QED) is 0.629. The molecule has 2 fully saturated rings. The fourth-order valence-corrected chi connectivity index (χ4v) is 4.38. The second-order valence-corrected chi connectivity index (χ2v) is 7.19. The molecule has 2 saturated heterocycles. The zero-order valence-corrected chi connectivity index (χ0v) is 14.1. The van der Waals surface area contributed by atoms with E-state index in [4.69, 9.17) is 26.9 Å². The first-order valence-corrected chi connectivity index (χ1v) is 8.43. The summed E-state index contributed by atoms with van der Waals surface area (Å²) < 4.78 is 12.5. The smallest absolute Gasteiger partial charge is 0.0940 e. The van der Waals surface area contributed by atoms with E-state index in [0.29, 0.717) is 17.5 Å². The van der Waals surface area contributed by atoms with Crippen molar-refractivity contribution in [1.29, 1.82) is 0 Å². The van der Waals surface area contributed by atoms with Gasteiger partial charge in [-0.1, -0.05) is 33.6 Å². The van der Waals surface area contributed by atoms with Gasteiger partial charge >= 0.3 is 0 Å². The van der Waals surface area contributed by atoms with E-state index in [1.807, 2.05) is 18.2 Å². The molecule has 2 heterocycles. The van der Waals surface area contributed by atoms with Crippen LogP contribution in [0.3, 0.4) is 0 Å². The lowest BCUT2D eigenvalue weighted by Gasteiger charge is -2.40. The molecule has 6 heteroatoms. The highest BCUT2D eigenvalue weighted by atomic mass is 79.9. The van der Waals surface area contributed by atoms with Gasteiger partial charge in [0.2, 0.25) is 0 Å². The molecule has 1 spiro atoms. The van der Waals surface area contributed by atoms with E-state index >= 15 is 0 Å². The molecule has 0 aromatic heterocycles. The summed E-state index contributed by atoms with van der Waals surface area (Å²) in [6.07, 6.45) is 2.94. The number of benzene rings is 1. The lowest BCUT2D eigenvalue weighted by atomic mass is 9.79. The molecule has 0 amide bonds. The lowest BCUT2D eigenvalue weighted by molar-refractivity contribution is -0.103. The maximum Gasteiger partial charge on any atom is 0.0940 e. The van der Waals surface area contributed by atoms with Gasteiger partial charge in [-0.25, -0.2) is 0 Å². The molecule has 0 aliphatic carbocycles. The van der Waals surface area contributed by atoms with Gasteiger partial charge in [0.15, 0.2) is 0 Å². The van der Waals surface area contributed by atoms with Crippen molar-refractivity contribution in [2.24, 2.45) is 11.8 Å². The highest BCUT2D eigenvalue weighted by Crippen LogP contribution is 2.42. The van der Waals surface area contributed by atoms with Crippen LogP contribution < -0.4 is 11.3 Å². The monoisotopic (exact) mass is 374 g/mol. The molecule has 116 valence electrons. The fraction of sp³-hybridized carbons (Fsp3) is 0.600. The van der Waals surface area contributed by atoms with Crippen molar-refractivity contribution < 1.29 is 9.47 Å². The van der Waals surface area contributed by atoms with Crippen molar-refractivity contribution in [2.45, 2.75) is 30.9 Å². The third-order valence-electron chi connectivity index (χ3n) is 4.55. The Hall–Kier alpha value is -0.170. The van der Waals surface area contributed by atoms with Crippen molar-refractivity contribution in [1.82, 2.24) is 5.43 Å². The van der Waals surface area contributed by atoms with Gasteiger partial charge in [0, 0.05) is 29.1 Å². The average molecular weight is 376 g/mol. The van der Waals surface area contributed by atoms with Crippen LogP contribution >= 0.6 is 27.5 Å². The molecular weight excluding hydrogens is 356 g/mol. The van der Waals surface area contributed by atoms with Crippen LogP contribution in [0.15, 0.2) is 22.7 Å². The topological polar surface area (TPSA) is 56.5 Å². The van der Waals surface area contributed by atoms with E-state index in [1.54, 1.807) is 0 Å². The number of hydrogen-bond donors (Lipinski definition) is 2. The van der Waals surface area contributed by atoms with Crippen molar-refractivity contribution in [2.75, 3.05) is 19.8 Å². The Balaban J connectivity index is 1.82. The Bertz CT molecular complexity index is 508. The van der Waals surface area contributed by atoms with Crippen molar-refractivity contribution in [3.05, 3.63) is 33.3 Å². The molecule has 2 aliphatic heterocycles. The zero-order chi connectivity index (χ0) is 14.9. The van der Waals surface area contributed by atoms with Gasteiger partial charge in [-0.05, 0) is 36.5 Å². The summed E-state index contributed by atoms with van der Waals surface area (Å²) in [5.74, 6) is 6.27. The largest absolute Gasteiger partial charge is 0.378 e. The van der Waals surface area contributed by atoms with E-state index < -0.39 is 0 Å². The summed E-state index contributed by atoms with van der Waals surface area (Å²) in [5, 5.41) is 0.717. The van der Waals surface area contributed by atoms with Gasteiger partial charge in [0.25, 0.3) is 0 Å². The molecule has 1 aromatic rings. The number of nitrogens with two attached hydrogens (primary N) is 1. The van der Waals surface area contributed by atoms with E-state index in [-0.39, 0.29) is 11.6 Å². The number of hydrogen-bond acceptors (Lipinski definition) is 4. The molecule has 3 unspecified atom stereocenters. The molecule has 0 radical (unpaired) electrons. The molecule has 2 aliphatic rings. The molecule has 3 rings (SSSR count). The minimum Gasteiger partial charge on any atom is -0.378 e. The maximum absolute atomic E-state index is 6.03. The van der Waals surface area contributed by atoms with Crippen LogP contribution in [0.4, 0.5) is 0 Å². The number of hydrazine groups is 1. The predicted octanol–water partition coefficient (Wildman–Crippen LogP) is 3.19. The molecule has 4 nitrogen and oxygen atoms in total. The molecule has 0 saturated carbocycles. The first-order valence-electron chi connectivity index (χ1n) is 7.26. The summed E-state index contributed by atoms with van der Waals surface area (Å²) in [5.41, 5.74) is 4.01. The highest BCUT2D eigenvalue weighted by Gasteiger charge is 2.43. The van der Waals surface area contributed by atoms with Gasteiger partial charge in [-0.3, -0.25) is 11.3 Å². The third-order valence-corrected chi connectivity index (χ3v) is 5.47. The third kappa shape index (κ3) is 3.28. The SMILES string of the molecule is NNC(c1ccc(Cl)cc1Br)C1CCOC2(CCOC2)C1. The Kier molecular flexibility index (Phi) is 4.88. The van der Waals surface area contributed by atoms with Crippen LogP contribution in [0.1, 0.15) is 30.9 Å². The summed E-state index contributed by atoms with van der Waals surface area (Å²) in [6.45, 7) is 2.25. The first kappa shape index (κ1) is 15.7. The minimum atomic E-state index is -0.114. The summed E-state index contributed by atoms with van der Waals surface area (Å²) in [7, 11) is 0. The van der Waals surface area contributed by atoms with Gasteiger partial charge in [0.05, 0.1) is 18.2 Å². The van der Waals surface area contributed by atoms with E-state index in [0.717, 1.165) is 42.5 Å². The molecule has 3 atom stereocenters. The number of ether oxygens (including phenoxy) is 2. The maximum atomic E-state index is 6.03. The molecule has 0 bridgehead atoms. The van der Waals surface area contributed by atoms with Crippen molar-refractivity contribution in [3.8, 4) is 0 Å². The van der Waals surface area contributed by atoms with Crippen LogP contribution in [-0.4, -0.2) is 25.4 Å². The van der Waals surface area contributed by atoms with Crippen LogP contribution in [0.25, 0.3) is 0 Å². The summed E-state index contributed by atoms with van der Waals surface area (Å²) in [6, 6.07) is 5.93. The number of nitrogens with one attached hydrogen (secondary N) is 1. The molecule has 1 aromatic carbocycles. The van der Waals surface area contributed by atoms with E-state index in [2.05, 4.69) is 21.4 Å². The van der Waals surface area contributed by atoms with E-state index in [1.165, 1.54) is 0 Å². The van der Waals surface area contributed by atoms with Crippen LogP contribution in [0, 0.1) is 5.92 Å². The second-order valence-electron chi connectivity index (χ2n) is 5.90. The predicted molar refractivity (Wildman–Crippen MR) is 86.1 cm³/mol. The van der Waals surface area contributed by atoms with Gasteiger partial charge in [-0.15, -0.1) is 0 Å². The standard InChI is InChI=1S/C15H20BrClN2O2/c16-13-7-11(17)1-2-12(13)14(19-18)10-3-5-21-15(8-10)4-6-20-9-15/h1-2,7,10,14,19H,3-6,8-9,18H2. The van der Waals surface area contributed by atoms with Crippen LogP contribution in [0.5, 0.6) is 0 Å². The number of halogens is 2. The average Bonchev–Trinajstić information content (AvgIpc) is 2.90. The Morgan fingerprint density at radius 2 is 2.29 bits per heavy atom. The molecule has 3 N–H and O–H groups in total. The van der Waals surface area contributed by atoms with Gasteiger partial charge < -0.3 is 9.47 Å². The Morgan fingerprint density at radius 1 is 1.43 bits per heavy atom. The zero-order valence-electron chi connectivity index (χ0n) is 11.8. The second kappa shape index (κ2) is 6.52. The Morgan fingerprint density at radius 3 is 2.95 bits per heavy atom. The van der Waals surface area contributed by atoms with Crippen molar-refractivity contribution in [3.63, 3.8) is 0 Å². The van der Waals surface area contributed by atoms with Crippen molar-refractivity contribution >= 4 is 27.5 Å². The lowest BCUT2D eigenvalue weighted by Crippen LogP contribution is -2.45. The highest BCUT2D eigenvalue weighted by molar-refractivity contribution is 9.10. The number of rotatable bonds is 3. The van der Waals surface area contributed by atoms with Crippen LogP contribution in [-0.2, 0) is 9.47 Å². The fourth-order valence-electron chi connectivity index (χ4n) is 3.45. The minimum absolute atomic E-state index is 0.0815. The Labute approximate surface area is 138 Å². The van der Waals surface area contributed by atoms with Gasteiger partial charge in [0.1, 0.15) is 0 Å². The van der Waals surface area contributed by atoms with Gasteiger partial charge in [-0.2, -0.15) is 0 Å². The van der Waals surface area contributed by atoms with E-state index in [9.17, 15) is 0 Å². The summed E-state index contributed by atoms with van der Waals surface area (Å²) >= 11 is 9.63. The first-order chi connectivity index (χ1) is 10.1. The normalized spacial score (nSPS) is 30.7. The molecular formula is C15H20BrClN2O2.